The monoisotopic (exact) mass is 280 g/mol. The van der Waals surface area contributed by atoms with E-state index in [1.165, 1.54) is 13.2 Å². The lowest BCUT2D eigenvalue weighted by atomic mass is 10.0. The van der Waals surface area contributed by atoms with Gasteiger partial charge in [-0.3, -0.25) is 0 Å². The molecule has 0 aromatic heterocycles. The molecule has 1 aliphatic rings. The smallest absolute Gasteiger partial charge is 0.124 e. The van der Waals surface area contributed by atoms with Gasteiger partial charge < -0.3 is 24.8 Å². The highest BCUT2D eigenvalue weighted by molar-refractivity contribution is 5.58. The van der Waals surface area contributed by atoms with Gasteiger partial charge in [0.15, 0.2) is 0 Å². The number of aliphatic hydroxyl groups excluding tert-OH is 3. The molecule has 1 aromatic rings. The average molecular weight is 280 g/mol. The van der Waals surface area contributed by atoms with Crippen LogP contribution in [0.3, 0.4) is 0 Å². The zero-order valence-electron chi connectivity index (χ0n) is 11.6. The van der Waals surface area contributed by atoms with Crippen LogP contribution < -0.4 is 4.74 Å². The van der Waals surface area contributed by atoms with Crippen LogP contribution in [0.2, 0.25) is 0 Å². The Kier molecular flexibility index (Phi) is 4.77. The molecule has 110 valence electrons. The maximum atomic E-state index is 9.89. The van der Waals surface area contributed by atoms with Crippen LogP contribution in [0.1, 0.15) is 18.1 Å². The molecule has 0 aliphatic carbocycles. The Morgan fingerprint density at radius 1 is 1.40 bits per heavy atom. The molecule has 1 heterocycles. The average Bonchev–Trinajstić information content (AvgIpc) is 3.20. The molecule has 0 bridgehead atoms. The van der Waals surface area contributed by atoms with E-state index >= 15 is 0 Å². The third-order valence-corrected chi connectivity index (χ3v) is 3.46. The summed E-state index contributed by atoms with van der Waals surface area (Å²) in [5, 5.41) is 29.1. The molecule has 4 atom stereocenters. The van der Waals surface area contributed by atoms with E-state index in [1.807, 2.05) is 6.92 Å². The minimum absolute atomic E-state index is 0.0159. The molecule has 1 saturated heterocycles. The van der Waals surface area contributed by atoms with E-state index in [4.69, 9.17) is 9.47 Å². The summed E-state index contributed by atoms with van der Waals surface area (Å²) in [7, 11) is 1.53. The van der Waals surface area contributed by atoms with E-state index in [-0.39, 0.29) is 18.8 Å². The van der Waals surface area contributed by atoms with Gasteiger partial charge in [0.05, 0.1) is 19.8 Å². The molecule has 0 radical (unpaired) electrons. The molecule has 0 amide bonds. The first-order valence-corrected chi connectivity index (χ1v) is 6.55. The van der Waals surface area contributed by atoms with Crippen molar-refractivity contribution in [3.05, 3.63) is 35.4 Å². The number of ether oxygens (including phenoxy) is 2. The Hall–Kier alpha value is -1.40. The van der Waals surface area contributed by atoms with Gasteiger partial charge in [0, 0.05) is 5.56 Å². The summed E-state index contributed by atoms with van der Waals surface area (Å²) in [6.45, 7) is 1.68. The minimum atomic E-state index is -1.01. The highest BCUT2D eigenvalue weighted by Gasteiger charge is 2.43. The first-order valence-electron chi connectivity index (χ1n) is 6.55. The summed E-state index contributed by atoms with van der Waals surface area (Å²) < 4.78 is 10.3. The number of benzene rings is 1. The SMILES string of the molecule is COc1cccc(/C=C/[C@@H](O)[C@@H](O)[C@H]2O[C@@H]2C)c1CO. The quantitative estimate of drug-likeness (QED) is 0.669. The molecule has 2 rings (SSSR count). The predicted octanol–water partition coefficient (Wildman–Crippen LogP) is 0.710. The molecular weight excluding hydrogens is 260 g/mol. The Bertz CT molecular complexity index is 485. The second kappa shape index (κ2) is 6.37. The van der Waals surface area contributed by atoms with E-state index in [1.54, 1.807) is 24.3 Å². The lowest BCUT2D eigenvalue weighted by Gasteiger charge is -2.13. The van der Waals surface area contributed by atoms with Crippen molar-refractivity contribution < 1.29 is 24.8 Å². The van der Waals surface area contributed by atoms with Crippen LogP contribution in [-0.2, 0) is 11.3 Å². The van der Waals surface area contributed by atoms with E-state index in [2.05, 4.69) is 0 Å². The Morgan fingerprint density at radius 3 is 2.65 bits per heavy atom. The highest BCUT2D eigenvalue weighted by Crippen LogP contribution is 2.27. The van der Waals surface area contributed by atoms with Crippen LogP contribution in [-0.4, -0.2) is 46.8 Å². The van der Waals surface area contributed by atoms with Crippen molar-refractivity contribution in [1.82, 2.24) is 0 Å². The molecule has 1 aromatic carbocycles. The van der Waals surface area contributed by atoms with Crippen LogP contribution in [0, 0.1) is 0 Å². The number of hydrogen-bond donors (Lipinski definition) is 3. The largest absolute Gasteiger partial charge is 0.496 e. The zero-order valence-corrected chi connectivity index (χ0v) is 11.6. The fourth-order valence-electron chi connectivity index (χ4n) is 2.17. The van der Waals surface area contributed by atoms with E-state index in [0.29, 0.717) is 11.3 Å². The van der Waals surface area contributed by atoms with Crippen LogP contribution in [0.15, 0.2) is 24.3 Å². The summed E-state index contributed by atoms with van der Waals surface area (Å²) >= 11 is 0. The molecule has 0 spiro atoms. The van der Waals surface area contributed by atoms with Crippen molar-refractivity contribution in [1.29, 1.82) is 0 Å². The highest BCUT2D eigenvalue weighted by atomic mass is 16.6. The second-order valence-electron chi connectivity index (χ2n) is 4.83. The normalized spacial score (nSPS) is 24.6. The van der Waals surface area contributed by atoms with Crippen LogP contribution >= 0.6 is 0 Å². The fraction of sp³-hybridized carbons (Fsp3) is 0.467. The number of epoxide rings is 1. The van der Waals surface area contributed by atoms with E-state index in [0.717, 1.165) is 5.56 Å². The molecule has 5 heteroatoms. The van der Waals surface area contributed by atoms with Crippen molar-refractivity contribution >= 4 is 6.08 Å². The molecule has 5 nitrogen and oxygen atoms in total. The first-order chi connectivity index (χ1) is 9.58. The summed E-state index contributed by atoms with van der Waals surface area (Å²) in [5.41, 5.74) is 1.38. The van der Waals surface area contributed by atoms with Crippen molar-refractivity contribution in [2.75, 3.05) is 7.11 Å². The van der Waals surface area contributed by atoms with Gasteiger partial charge >= 0.3 is 0 Å². The second-order valence-corrected chi connectivity index (χ2v) is 4.83. The number of aliphatic hydroxyl groups is 3. The minimum Gasteiger partial charge on any atom is -0.496 e. The van der Waals surface area contributed by atoms with E-state index < -0.39 is 12.2 Å². The zero-order chi connectivity index (χ0) is 14.7. The summed E-state index contributed by atoms with van der Waals surface area (Å²) in [6.07, 6.45) is 0.879. The molecule has 0 saturated carbocycles. The predicted molar refractivity (Wildman–Crippen MR) is 74.3 cm³/mol. The Balaban J connectivity index is 2.10. The van der Waals surface area contributed by atoms with Crippen molar-refractivity contribution in [2.45, 2.75) is 37.9 Å². The van der Waals surface area contributed by atoms with Gasteiger partial charge in [-0.1, -0.05) is 24.3 Å². The molecule has 0 unspecified atom stereocenters. The fourth-order valence-corrected chi connectivity index (χ4v) is 2.17. The third-order valence-electron chi connectivity index (χ3n) is 3.46. The van der Waals surface area contributed by atoms with Gasteiger partial charge in [-0.15, -0.1) is 0 Å². The lowest BCUT2D eigenvalue weighted by Crippen LogP contribution is -2.30. The third kappa shape index (κ3) is 3.19. The number of hydrogen-bond acceptors (Lipinski definition) is 5. The number of methoxy groups -OCH3 is 1. The van der Waals surface area contributed by atoms with Gasteiger partial charge in [0.1, 0.15) is 24.1 Å². The summed E-state index contributed by atoms with van der Waals surface area (Å²) in [5.74, 6) is 0.587. The molecule has 3 N–H and O–H groups in total. The Labute approximate surface area is 118 Å². The molecule has 20 heavy (non-hydrogen) atoms. The first kappa shape index (κ1) is 15.0. The van der Waals surface area contributed by atoms with Crippen LogP contribution in [0.5, 0.6) is 5.75 Å². The topological polar surface area (TPSA) is 82.5 Å². The van der Waals surface area contributed by atoms with Crippen LogP contribution in [0.4, 0.5) is 0 Å². The maximum Gasteiger partial charge on any atom is 0.124 e. The van der Waals surface area contributed by atoms with Crippen molar-refractivity contribution in [3.63, 3.8) is 0 Å². The molecule has 1 fully saturated rings. The lowest BCUT2D eigenvalue weighted by molar-refractivity contribution is 0.0297. The van der Waals surface area contributed by atoms with Crippen molar-refractivity contribution in [2.24, 2.45) is 0 Å². The van der Waals surface area contributed by atoms with Gasteiger partial charge in [-0.25, -0.2) is 0 Å². The molecular formula is C15H20O5. The standard InChI is InChI=1S/C15H20O5/c1-9-15(20-9)14(18)12(17)7-6-10-4-3-5-13(19-2)11(10)8-16/h3-7,9,12,14-18H,8H2,1-2H3/b7-6+/t9-,12-,14-,15+/m1/s1. The summed E-state index contributed by atoms with van der Waals surface area (Å²) in [4.78, 5) is 0. The molecule has 1 aliphatic heterocycles. The van der Waals surface area contributed by atoms with E-state index in [9.17, 15) is 15.3 Å². The summed E-state index contributed by atoms with van der Waals surface area (Å²) in [6, 6.07) is 5.36. The van der Waals surface area contributed by atoms with Gasteiger partial charge in [-0.05, 0) is 18.6 Å². The van der Waals surface area contributed by atoms with Crippen molar-refractivity contribution in [3.8, 4) is 5.75 Å². The number of rotatable bonds is 6. The maximum absolute atomic E-state index is 9.89. The van der Waals surface area contributed by atoms with Gasteiger partial charge in [0.25, 0.3) is 0 Å². The van der Waals surface area contributed by atoms with Crippen LogP contribution in [0.25, 0.3) is 6.08 Å². The van der Waals surface area contributed by atoms with Gasteiger partial charge in [0.2, 0.25) is 0 Å². The van der Waals surface area contributed by atoms with Gasteiger partial charge in [-0.2, -0.15) is 0 Å². The Morgan fingerprint density at radius 2 is 2.10 bits per heavy atom.